The average Bonchev–Trinajstić information content (AvgIpc) is 3.05. The van der Waals surface area contributed by atoms with Gasteiger partial charge in [-0.1, -0.05) is 12.1 Å². The van der Waals surface area contributed by atoms with E-state index in [1.165, 1.54) is 12.5 Å². The molecule has 1 aromatic carbocycles. The molecule has 0 radical (unpaired) electrons. The van der Waals surface area contributed by atoms with Crippen LogP contribution in [0.4, 0.5) is 5.82 Å². The Labute approximate surface area is 143 Å². The van der Waals surface area contributed by atoms with Gasteiger partial charge in [0.05, 0.1) is 5.56 Å². The van der Waals surface area contributed by atoms with E-state index in [0.29, 0.717) is 30.1 Å². The molecule has 25 heavy (non-hydrogen) atoms. The summed E-state index contributed by atoms with van der Waals surface area (Å²) < 4.78 is 5.85. The molecule has 4 aromatic rings. The van der Waals surface area contributed by atoms with Gasteiger partial charge in [0.1, 0.15) is 17.4 Å². The number of amides is 1. The first-order valence-electron chi connectivity index (χ1n) is 7.87. The summed E-state index contributed by atoms with van der Waals surface area (Å²) in [6.07, 6.45) is 4.66. The van der Waals surface area contributed by atoms with Crippen molar-refractivity contribution >= 4 is 33.8 Å². The highest BCUT2D eigenvalue weighted by molar-refractivity contribution is 6.05. The molecule has 0 bridgehead atoms. The minimum atomic E-state index is -0.161. The number of fused-ring (bicyclic) bond motifs is 3. The Balaban J connectivity index is 1.44. The van der Waals surface area contributed by atoms with E-state index in [1.54, 1.807) is 18.3 Å². The van der Waals surface area contributed by atoms with Gasteiger partial charge in [-0.2, -0.15) is 0 Å². The predicted molar refractivity (Wildman–Crippen MR) is 94.4 cm³/mol. The quantitative estimate of drug-likeness (QED) is 0.545. The maximum atomic E-state index is 12.0. The summed E-state index contributed by atoms with van der Waals surface area (Å²) in [7, 11) is 0. The van der Waals surface area contributed by atoms with Crippen molar-refractivity contribution < 1.29 is 9.21 Å². The Morgan fingerprint density at radius 1 is 1.08 bits per heavy atom. The molecule has 7 heteroatoms. The molecule has 0 aliphatic heterocycles. The Bertz CT molecular complexity index is 1030. The first-order valence-corrected chi connectivity index (χ1v) is 7.87. The normalized spacial score (nSPS) is 10.9. The fraction of sp³-hybridized carbons (Fsp3) is 0.111. The molecule has 0 spiro atoms. The Morgan fingerprint density at radius 2 is 2.00 bits per heavy atom. The van der Waals surface area contributed by atoms with Gasteiger partial charge in [0.25, 0.3) is 5.91 Å². The number of nitrogens with one attached hydrogen (secondary N) is 2. The van der Waals surface area contributed by atoms with Crippen LogP contribution in [-0.2, 0) is 0 Å². The third kappa shape index (κ3) is 2.99. The summed E-state index contributed by atoms with van der Waals surface area (Å²) in [5, 5.41) is 6.96. The Morgan fingerprint density at radius 3 is 2.88 bits per heavy atom. The molecule has 7 nitrogen and oxygen atoms in total. The van der Waals surface area contributed by atoms with Crippen LogP contribution in [0.2, 0.25) is 0 Å². The van der Waals surface area contributed by atoms with Crippen LogP contribution < -0.4 is 10.6 Å². The standard InChI is InChI=1S/C18H15N5O2/c24-18(12-4-3-7-19-10-12)21-9-8-20-17-16-15(22-11-23-17)13-5-1-2-6-14(13)25-16/h1-7,10-11H,8-9H2,(H,21,24)(H,20,22,23). The van der Waals surface area contributed by atoms with Crippen LogP contribution in [0.1, 0.15) is 10.4 Å². The molecular weight excluding hydrogens is 318 g/mol. The van der Waals surface area contributed by atoms with E-state index in [4.69, 9.17) is 4.42 Å². The van der Waals surface area contributed by atoms with Crippen LogP contribution in [0.25, 0.3) is 22.1 Å². The lowest BCUT2D eigenvalue weighted by molar-refractivity contribution is 0.0955. The molecule has 3 heterocycles. The van der Waals surface area contributed by atoms with Crippen molar-refractivity contribution in [3.63, 3.8) is 0 Å². The zero-order valence-electron chi connectivity index (χ0n) is 13.3. The number of furan rings is 1. The second kappa shape index (κ2) is 6.56. The summed E-state index contributed by atoms with van der Waals surface area (Å²) in [5.74, 6) is 0.447. The highest BCUT2D eigenvalue weighted by Crippen LogP contribution is 2.29. The summed E-state index contributed by atoms with van der Waals surface area (Å²) in [6.45, 7) is 0.953. The van der Waals surface area contributed by atoms with Gasteiger partial charge in [0.2, 0.25) is 0 Å². The van der Waals surface area contributed by atoms with E-state index in [9.17, 15) is 4.79 Å². The fourth-order valence-electron chi connectivity index (χ4n) is 2.61. The number of hydrogen-bond acceptors (Lipinski definition) is 6. The lowest BCUT2D eigenvalue weighted by atomic mass is 10.2. The van der Waals surface area contributed by atoms with E-state index in [1.807, 2.05) is 24.3 Å². The van der Waals surface area contributed by atoms with Crippen molar-refractivity contribution in [1.82, 2.24) is 20.3 Å². The molecular formula is C18H15N5O2. The molecule has 1 amide bonds. The lowest BCUT2D eigenvalue weighted by Crippen LogP contribution is -2.28. The van der Waals surface area contributed by atoms with Crippen LogP contribution in [0.15, 0.2) is 59.5 Å². The highest BCUT2D eigenvalue weighted by atomic mass is 16.3. The van der Waals surface area contributed by atoms with Crippen LogP contribution in [-0.4, -0.2) is 33.9 Å². The molecule has 4 rings (SSSR count). The van der Waals surface area contributed by atoms with Gasteiger partial charge < -0.3 is 15.1 Å². The third-order valence-electron chi connectivity index (χ3n) is 3.78. The lowest BCUT2D eigenvalue weighted by Gasteiger charge is -2.07. The van der Waals surface area contributed by atoms with E-state index < -0.39 is 0 Å². The number of pyridine rings is 1. The molecule has 0 saturated heterocycles. The van der Waals surface area contributed by atoms with Crippen molar-refractivity contribution in [3.8, 4) is 0 Å². The summed E-state index contributed by atoms with van der Waals surface area (Å²) in [4.78, 5) is 24.4. The van der Waals surface area contributed by atoms with Crippen LogP contribution in [0, 0.1) is 0 Å². The average molecular weight is 333 g/mol. The monoisotopic (exact) mass is 333 g/mol. The van der Waals surface area contributed by atoms with Gasteiger partial charge in [-0.25, -0.2) is 9.97 Å². The van der Waals surface area contributed by atoms with Crippen molar-refractivity contribution in [2.75, 3.05) is 18.4 Å². The van der Waals surface area contributed by atoms with Crippen molar-refractivity contribution in [1.29, 1.82) is 0 Å². The van der Waals surface area contributed by atoms with E-state index in [2.05, 4.69) is 25.6 Å². The molecule has 0 aliphatic rings. The minimum Gasteiger partial charge on any atom is -0.450 e. The summed E-state index contributed by atoms with van der Waals surface area (Å²) in [6, 6.07) is 11.2. The number of hydrogen-bond donors (Lipinski definition) is 2. The fourth-order valence-corrected chi connectivity index (χ4v) is 2.61. The second-order valence-corrected chi connectivity index (χ2v) is 5.42. The van der Waals surface area contributed by atoms with E-state index >= 15 is 0 Å². The molecule has 0 unspecified atom stereocenters. The van der Waals surface area contributed by atoms with Gasteiger partial charge in [-0.05, 0) is 24.3 Å². The Hall–Kier alpha value is -3.48. The van der Waals surface area contributed by atoms with Gasteiger partial charge in [0.15, 0.2) is 11.4 Å². The zero-order valence-corrected chi connectivity index (χ0v) is 13.3. The molecule has 0 aliphatic carbocycles. The maximum Gasteiger partial charge on any atom is 0.252 e. The number of carbonyl (C=O) groups is 1. The highest BCUT2D eigenvalue weighted by Gasteiger charge is 2.12. The SMILES string of the molecule is O=C(NCCNc1ncnc2c1oc1ccccc12)c1cccnc1. The van der Waals surface area contributed by atoms with Crippen molar-refractivity contribution in [3.05, 3.63) is 60.7 Å². The van der Waals surface area contributed by atoms with Crippen LogP contribution >= 0.6 is 0 Å². The van der Waals surface area contributed by atoms with Gasteiger partial charge in [-0.15, -0.1) is 0 Å². The number of para-hydroxylation sites is 1. The van der Waals surface area contributed by atoms with Gasteiger partial charge in [0, 0.05) is 30.9 Å². The predicted octanol–water partition coefficient (Wildman–Crippen LogP) is 2.61. The minimum absolute atomic E-state index is 0.161. The van der Waals surface area contributed by atoms with Crippen molar-refractivity contribution in [2.45, 2.75) is 0 Å². The number of aromatic nitrogens is 3. The number of carbonyl (C=O) groups excluding carboxylic acids is 1. The first-order chi connectivity index (χ1) is 12.3. The number of rotatable bonds is 5. The van der Waals surface area contributed by atoms with Gasteiger partial charge in [-0.3, -0.25) is 9.78 Å². The topological polar surface area (TPSA) is 92.9 Å². The summed E-state index contributed by atoms with van der Waals surface area (Å²) >= 11 is 0. The number of anilines is 1. The van der Waals surface area contributed by atoms with Gasteiger partial charge >= 0.3 is 0 Å². The van der Waals surface area contributed by atoms with E-state index in [-0.39, 0.29) is 5.91 Å². The van der Waals surface area contributed by atoms with Crippen LogP contribution in [0.5, 0.6) is 0 Å². The molecule has 124 valence electrons. The second-order valence-electron chi connectivity index (χ2n) is 5.42. The number of nitrogens with zero attached hydrogens (tertiary/aromatic N) is 3. The third-order valence-corrected chi connectivity index (χ3v) is 3.78. The largest absolute Gasteiger partial charge is 0.450 e. The number of benzene rings is 1. The zero-order chi connectivity index (χ0) is 17.1. The Kier molecular flexibility index (Phi) is 3.96. The maximum absolute atomic E-state index is 12.0. The molecule has 3 aromatic heterocycles. The van der Waals surface area contributed by atoms with E-state index in [0.717, 1.165) is 16.5 Å². The van der Waals surface area contributed by atoms with Crippen molar-refractivity contribution in [2.24, 2.45) is 0 Å². The molecule has 0 saturated carbocycles. The molecule has 0 fully saturated rings. The first kappa shape index (κ1) is 15.1. The molecule has 2 N–H and O–H groups in total. The van der Waals surface area contributed by atoms with Crippen LogP contribution in [0.3, 0.4) is 0 Å². The summed E-state index contributed by atoms with van der Waals surface area (Å²) in [5.41, 5.74) is 2.69. The smallest absolute Gasteiger partial charge is 0.252 e. The molecule has 0 atom stereocenters.